The van der Waals surface area contributed by atoms with Crippen molar-refractivity contribution in [1.29, 1.82) is 0 Å². The van der Waals surface area contributed by atoms with Crippen molar-refractivity contribution in [1.82, 2.24) is 16.0 Å². The Kier molecular flexibility index (Phi) is 8.43. The molecule has 0 spiro atoms. The molecule has 3 unspecified atom stereocenters. The Balaban J connectivity index is 2.44. The summed E-state index contributed by atoms with van der Waals surface area (Å²) >= 11 is 3.31. The van der Waals surface area contributed by atoms with E-state index in [4.69, 9.17) is 23.7 Å². The number of esters is 4. The minimum absolute atomic E-state index is 0.287. The minimum atomic E-state index is -1.22. The molecule has 0 aromatic heterocycles. The van der Waals surface area contributed by atoms with Crippen LogP contribution in [0.3, 0.4) is 0 Å². The van der Waals surface area contributed by atoms with Crippen LogP contribution in [0.2, 0.25) is 0 Å². The number of nitrogens with one attached hydrogen (secondary N) is 2. The molecule has 0 bridgehead atoms. The van der Waals surface area contributed by atoms with Crippen LogP contribution in [-0.2, 0) is 42.9 Å². The first-order valence-electron chi connectivity index (χ1n) is 8.99. The summed E-state index contributed by atoms with van der Waals surface area (Å²) in [5.74, 6) is -2.62. The second-order valence-electron chi connectivity index (χ2n) is 6.52. The van der Waals surface area contributed by atoms with E-state index in [1.165, 1.54) is 25.8 Å². The lowest BCUT2D eigenvalue weighted by Crippen LogP contribution is -2.67. The van der Waals surface area contributed by atoms with Gasteiger partial charge in [-0.3, -0.25) is 24.2 Å². The fourth-order valence-corrected chi connectivity index (χ4v) is 3.29. The molecule has 0 saturated carbocycles. The lowest BCUT2D eigenvalue weighted by Gasteiger charge is -2.46. The number of hydrogen-bond acceptors (Lipinski definition) is 12. The van der Waals surface area contributed by atoms with E-state index in [0.29, 0.717) is 5.33 Å². The number of alkyl halides is 1. The molecule has 0 aliphatic carbocycles. The molecule has 5 atom stereocenters. The number of carbonyl (C=O) groups excluding carboxylic acids is 4. The highest BCUT2D eigenvalue weighted by Crippen LogP contribution is 2.31. The first-order chi connectivity index (χ1) is 14.1. The van der Waals surface area contributed by atoms with E-state index in [1.807, 2.05) is 0 Å². The van der Waals surface area contributed by atoms with Gasteiger partial charge in [0.2, 0.25) is 0 Å². The van der Waals surface area contributed by atoms with Crippen LogP contribution in [0.25, 0.3) is 0 Å². The van der Waals surface area contributed by atoms with Gasteiger partial charge in [-0.15, -0.1) is 5.53 Å². The van der Waals surface area contributed by atoms with Crippen LogP contribution in [0, 0.1) is 0 Å². The molecule has 0 amide bonds. The van der Waals surface area contributed by atoms with Crippen molar-refractivity contribution >= 4 is 39.8 Å². The van der Waals surface area contributed by atoms with Gasteiger partial charge < -0.3 is 29.1 Å². The predicted octanol–water partition coefficient (Wildman–Crippen LogP) is -0.369. The summed E-state index contributed by atoms with van der Waals surface area (Å²) in [6, 6.07) is 0. The Labute approximate surface area is 181 Å². The Morgan fingerprint density at radius 2 is 1.53 bits per heavy atom. The van der Waals surface area contributed by atoms with E-state index >= 15 is 0 Å². The summed E-state index contributed by atoms with van der Waals surface area (Å²) in [7, 11) is 0. The second-order valence-corrected chi connectivity index (χ2v) is 7.08. The van der Waals surface area contributed by atoms with Gasteiger partial charge in [0.25, 0.3) is 0 Å². The van der Waals surface area contributed by atoms with Gasteiger partial charge in [0.1, 0.15) is 12.7 Å². The molecule has 1 saturated heterocycles. The van der Waals surface area contributed by atoms with E-state index in [0.717, 1.165) is 12.6 Å². The summed E-state index contributed by atoms with van der Waals surface area (Å²) in [6.07, 6.45) is -3.98. The van der Waals surface area contributed by atoms with Gasteiger partial charge in [-0.25, -0.2) is 0 Å². The summed E-state index contributed by atoms with van der Waals surface area (Å²) < 4.78 is 27.1. The molecule has 2 N–H and O–H groups in total. The molecule has 168 valence electrons. The van der Waals surface area contributed by atoms with Crippen molar-refractivity contribution in [3.63, 3.8) is 0 Å². The third-order valence-electron chi connectivity index (χ3n) is 4.02. The van der Waals surface area contributed by atoms with E-state index in [-0.39, 0.29) is 6.61 Å². The minimum Gasteiger partial charge on any atom is -0.463 e. The molecule has 0 aromatic rings. The smallest absolute Gasteiger partial charge is 0.303 e. The maximum Gasteiger partial charge on any atom is 0.303 e. The largest absolute Gasteiger partial charge is 0.463 e. The van der Waals surface area contributed by atoms with E-state index in [2.05, 4.69) is 26.9 Å². The third-order valence-corrected chi connectivity index (χ3v) is 4.63. The molecule has 12 nitrogen and oxygen atoms in total. The number of hydrazine groups is 2. The van der Waals surface area contributed by atoms with Crippen LogP contribution in [0.15, 0.2) is 11.9 Å². The van der Waals surface area contributed by atoms with E-state index in [9.17, 15) is 19.2 Å². The Hall–Kier alpha value is -2.38. The fourth-order valence-electron chi connectivity index (χ4n) is 3.00. The SMILES string of the molecule is CC(=O)OCC1OC(N2C=C(CBr)NN2)[C@H](OC(C)=O)C(OC(C)=O)[C@@H]1OC(C)=O. The molecule has 30 heavy (non-hydrogen) atoms. The molecule has 0 aromatic carbocycles. The van der Waals surface area contributed by atoms with Gasteiger partial charge in [0.05, 0.1) is 5.70 Å². The second kappa shape index (κ2) is 10.6. The molecule has 13 heteroatoms. The van der Waals surface area contributed by atoms with Gasteiger partial charge in [0.15, 0.2) is 24.5 Å². The molecule has 2 heterocycles. The quantitative estimate of drug-likeness (QED) is 0.271. The van der Waals surface area contributed by atoms with Gasteiger partial charge in [-0.1, -0.05) is 15.9 Å². The van der Waals surface area contributed by atoms with Crippen molar-refractivity contribution < 1.29 is 42.9 Å². The first kappa shape index (κ1) is 23.9. The van der Waals surface area contributed by atoms with Crippen LogP contribution in [0.4, 0.5) is 0 Å². The summed E-state index contributed by atoms with van der Waals surface area (Å²) in [5.41, 5.74) is 6.46. The Morgan fingerprint density at radius 1 is 0.967 bits per heavy atom. The molecule has 1 fully saturated rings. The zero-order valence-corrected chi connectivity index (χ0v) is 18.5. The molecule has 0 radical (unpaired) electrons. The number of carbonyl (C=O) groups is 4. The third kappa shape index (κ3) is 6.31. The summed E-state index contributed by atoms with van der Waals surface area (Å²) in [6.45, 7) is 4.44. The molecule has 2 aliphatic heterocycles. The van der Waals surface area contributed by atoms with Crippen LogP contribution < -0.4 is 11.0 Å². The monoisotopic (exact) mass is 493 g/mol. The molecular formula is C17H24BrN3O9. The van der Waals surface area contributed by atoms with Gasteiger partial charge in [0, 0.05) is 39.2 Å². The molecular weight excluding hydrogens is 470 g/mol. The number of hydrogen-bond donors (Lipinski definition) is 2. The zero-order chi connectivity index (χ0) is 22.4. The summed E-state index contributed by atoms with van der Waals surface area (Å²) in [5, 5.41) is 1.95. The number of rotatable bonds is 7. The van der Waals surface area contributed by atoms with Crippen molar-refractivity contribution in [2.75, 3.05) is 11.9 Å². The topological polar surface area (TPSA) is 142 Å². The van der Waals surface area contributed by atoms with Crippen LogP contribution in [-0.4, -0.2) is 71.5 Å². The molecule has 2 rings (SSSR count). The highest BCUT2D eigenvalue weighted by Gasteiger charge is 2.54. The lowest BCUT2D eigenvalue weighted by molar-refractivity contribution is -0.278. The fraction of sp³-hybridized carbons (Fsp3) is 0.647. The van der Waals surface area contributed by atoms with Crippen LogP contribution in [0.5, 0.6) is 0 Å². The van der Waals surface area contributed by atoms with Crippen molar-refractivity contribution in [2.24, 2.45) is 0 Å². The van der Waals surface area contributed by atoms with Crippen LogP contribution >= 0.6 is 15.9 Å². The zero-order valence-electron chi connectivity index (χ0n) is 16.9. The van der Waals surface area contributed by atoms with Crippen molar-refractivity contribution in [3.05, 3.63) is 11.9 Å². The average Bonchev–Trinajstić information content (AvgIpc) is 3.11. The van der Waals surface area contributed by atoms with Gasteiger partial charge in [-0.2, -0.15) is 0 Å². The van der Waals surface area contributed by atoms with Gasteiger partial charge >= 0.3 is 23.9 Å². The van der Waals surface area contributed by atoms with Gasteiger partial charge in [-0.05, 0) is 0 Å². The number of nitrogens with zero attached hydrogens (tertiary/aromatic N) is 1. The normalized spacial score (nSPS) is 28.1. The Bertz CT molecular complexity index is 717. The number of halogens is 1. The average molecular weight is 494 g/mol. The van der Waals surface area contributed by atoms with E-state index < -0.39 is 54.5 Å². The predicted molar refractivity (Wildman–Crippen MR) is 102 cm³/mol. The van der Waals surface area contributed by atoms with E-state index in [1.54, 1.807) is 6.20 Å². The maximum atomic E-state index is 11.8. The van der Waals surface area contributed by atoms with Crippen molar-refractivity contribution in [2.45, 2.75) is 58.3 Å². The summed E-state index contributed by atoms with van der Waals surface area (Å²) in [4.78, 5) is 46.6. The number of ether oxygens (including phenoxy) is 5. The first-order valence-corrected chi connectivity index (χ1v) is 10.1. The van der Waals surface area contributed by atoms with Crippen LogP contribution in [0.1, 0.15) is 27.7 Å². The lowest BCUT2D eigenvalue weighted by atomic mass is 9.97. The highest BCUT2D eigenvalue weighted by molar-refractivity contribution is 9.09. The highest BCUT2D eigenvalue weighted by atomic mass is 79.9. The maximum absolute atomic E-state index is 11.8. The van der Waals surface area contributed by atoms with Crippen molar-refractivity contribution in [3.8, 4) is 0 Å². The number of allylic oxidation sites excluding steroid dienone is 1. The Morgan fingerprint density at radius 3 is 2.03 bits per heavy atom. The molecule has 2 aliphatic rings. The standard InChI is InChI=1S/C17H24BrN3O9/c1-8(22)26-7-13-14(27-9(2)23)15(28-10(3)24)16(29-11(4)25)17(30-13)21-6-12(5-18)19-20-21/h6,13-17,19-20H,5,7H2,1-4H3/t13?,14-,15?,16-,17?/m1/s1.